The van der Waals surface area contributed by atoms with Crippen LogP contribution in [0.25, 0.3) is 5.52 Å². The number of fused-ring (bicyclic) bond motifs is 1. The zero-order chi connectivity index (χ0) is 15.5. The number of ketones is 1. The molecule has 0 radical (unpaired) electrons. The molecule has 0 saturated heterocycles. The van der Waals surface area contributed by atoms with Crippen LogP contribution in [0.4, 0.5) is 0 Å². The van der Waals surface area contributed by atoms with Crippen LogP contribution in [0, 0.1) is 6.92 Å². The van der Waals surface area contributed by atoms with Gasteiger partial charge in [0, 0.05) is 17.3 Å². The SMILES string of the molecule is CCCCc1cc(C(=O)c2ccccc2C)n2ccccc12. The zero-order valence-corrected chi connectivity index (χ0v) is 13.2. The Morgan fingerprint density at radius 1 is 1.09 bits per heavy atom. The number of rotatable bonds is 5. The third-order valence-electron chi connectivity index (χ3n) is 4.18. The van der Waals surface area contributed by atoms with Crippen LogP contribution in [0.2, 0.25) is 0 Å². The van der Waals surface area contributed by atoms with Gasteiger partial charge in [0.1, 0.15) is 0 Å². The molecule has 0 amide bonds. The second kappa shape index (κ2) is 6.18. The fourth-order valence-corrected chi connectivity index (χ4v) is 2.93. The maximum absolute atomic E-state index is 12.9. The number of aryl methyl sites for hydroxylation is 2. The molecule has 2 heteroatoms. The molecule has 0 spiro atoms. The molecule has 2 heterocycles. The quantitative estimate of drug-likeness (QED) is 0.617. The van der Waals surface area contributed by atoms with Gasteiger partial charge in [0.2, 0.25) is 5.78 Å². The molecule has 0 aliphatic rings. The highest BCUT2D eigenvalue weighted by atomic mass is 16.1. The highest BCUT2D eigenvalue weighted by Crippen LogP contribution is 2.22. The molecular formula is C20H21NO. The van der Waals surface area contributed by atoms with E-state index >= 15 is 0 Å². The van der Waals surface area contributed by atoms with Crippen molar-refractivity contribution in [3.8, 4) is 0 Å². The number of hydrogen-bond donors (Lipinski definition) is 0. The van der Waals surface area contributed by atoms with Gasteiger partial charge in [-0.2, -0.15) is 0 Å². The Morgan fingerprint density at radius 3 is 2.64 bits per heavy atom. The fourth-order valence-electron chi connectivity index (χ4n) is 2.93. The van der Waals surface area contributed by atoms with Gasteiger partial charge in [0.25, 0.3) is 0 Å². The Hall–Kier alpha value is -2.35. The molecule has 0 N–H and O–H groups in total. The molecule has 0 atom stereocenters. The minimum atomic E-state index is 0.0991. The zero-order valence-electron chi connectivity index (χ0n) is 13.2. The second-order valence-electron chi connectivity index (χ2n) is 5.76. The number of hydrogen-bond acceptors (Lipinski definition) is 1. The first kappa shape index (κ1) is 14.6. The minimum absolute atomic E-state index is 0.0991. The van der Waals surface area contributed by atoms with Crippen molar-refractivity contribution in [1.29, 1.82) is 0 Å². The summed E-state index contributed by atoms with van der Waals surface area (Å²) in [4.78, 5) is 12.9. The van der Waals surface area contributed by atoms with E-state index in [4.69, 9.17) is 0 Å². The maximum atomic E-state index is 12.9. The highest BCUT2D eigenvalue weighted by molar-refractivity contribution is 6.09. The van der Waals surface area contributed by atoms with Gasteiger partial charge in [-0.25, -0.2) is 0 Å². The predicted octanol–water partition coefficient (Wildman–Crippen LogP) is 4.82. The molecule has 2 aromatic heterocycles. The Bertz CT molecular complexity index is 813. The molecular weight excluding hydrogens is 270 g/mol. The number of carbonyl (C=O) groups is 1. The molecule has 0 saturated carbocycles. The summed E-state index contributed by atoms with van der Waals surface area (Å²) >= 11 is 0. The van der Waals surface area contributed by atoms with Crippen molar-refractivity contribution >= 4 is 11.3 Å². The molecule has 22 heavy (non-hydrogen) atoms. The Labute approximate surface area is 131 Å². The molecule has 0 fully saturated rings. The van der Waals surface area contributed by atoms with E-state index in [1.165, 1.54) is 5.56 Å². The first-order chi connectivity index (χ1) is 10.7. The van der Waals surface area contributed by atoms with E-state index < -0.39 is 0 Å². The van der Waals surface area contributed by atoms with Gasteiger partial charge in [-0.1, -0.05) is 43.7 Å². The Balaban J connectivity index is 2.11. The molecule has 1 aromatic carbocycles. The standard InChI is InChI=1S/C20H21NO/c1-3-4-10-16-14-19(21-13-8-7-12-18(16)21)20(22)17-11-6-5-9-15(17)2/h5-9,11-14H,3-4,10H2,1-2H3. The van der Waals surface area contributed by atoms with Gasteiger partial charge in [0.05, 0.1) is 5.69 Å². The monoisotopic (exact) mass is 291 g/mol. The summed E-state index contributed by atoms with van der Waals surface area (Å²) < 4.78 is 2.03. The van der Waals surface area contributed by atoms with Crippen molar-refractivity contribution in [3.05, 3.63) is 77.1 Å². The number of nitrogens with zero attached hydrogens (tertiary/aromatic N) is 1. The van der Waals surface area contributed by atoms with Crippen molar-refractivity contribution in [1.82, 2.24) is 4.40 Å². The van der Waals surface area contributed by atoms with Crippen molar-refractivity contribution in [3.63, 3.8) is 0 Å². The van der Waals surface area contributed by atoms with Gasteiger partial charge >= 0.3 is 0 Å². The largest absolute Gasteiger partial charge is 0.313 e. The lowest BCUT2D eigenvalue weighted by atomic mass is 10.0. The van der Waals surface area contributed by atoms with Crippen LogP contribution < -0.4 is 0 Å². The van der Waals surface area contributed by atoms with E-state index in [1.807, 2.05) is 53.9 Å². The Kier molecular flexibility index (Phi) is 4.10. The highest BCUT2D eigenvalue weighted by Gasteiger charge is 2.17. The lowest BCUT2D eigenvalue weighted by Gasteiger charge is -2.05. The summed E-state index contributed by atoms with van der Waals surface area (Å²) in [6, 6.07) is 16.0. The topological polar surface area (TPSA) is 21.5 Å². The molecule has 2 nitrogen and oxygen atoms in total. The lowest BCUT2D eigenvalue weighted by Crippen LogP contribution is -2.06. The van der Waals surface area contributed by atoms with Gasteiger partial charge in [0.15, 0.2) is 0 Å². The molecule has 0 aliphatic heterocycles. The van der Waals surface area contributed by atoms with E-state index in [0.717, 1.165) is 41.6 Å². The molecule has 3 rings (SSSR count). The van der Waals surface area contributed by atoms with Gasteiger partial charge in [-0.05, 0) is 49.1 Å². The average molecular weight is 291 g/mol. The number of aromatic nitrogens is 1. The first-order valence-corrected chi connectivity index (χ1v) is 7.91. The normalized spacial score (nSPS) is 11.0. The number of carbonyl (C=O) groups excluding carboxylic acids is 1. The van der Waals surface area contributed by atoms with Crippen molar-refractivity contribution in [2.45, 2.75) is 33.1 Å². The van der Waals surface area contributed by atoms with Crippen molar-refractivity contribution in [2.24, 2.45) is 0 Å². The van der Waals surface area contributed by atoms with E-state index in [0.29, 0.717) is 0 Å². The van der Waals surface area contributed by atoms with E-state index in [2.05, 4.69) is 19.1 Å². The molecule has 112 valence electrons. The summed E-state index contributed by atoms with van der Waals surface area (Å²) in [6.07, 6.45) is 5.30. The van der Waals surface area contributed by atoms with E-state index in [-0.39, 0.29) is 5.78 Å². The molecule has 0 bridgehead atoms. The van der Waals surface area contributed by atoms with Gasteiger partial charge in [-0.3, -0.25) is 4.79 Å². The minimum Gasteiger partial charge on any atom is -0.313 e. The summed E-state index contributed by atoms with van der Waals surface area (Å²) in [7, 11) is 0. The van der Waals surface area contributed by atoms with Crippen LogP contribution in [-0.4, -0.2) is 10.2 Å². The molecule has 0 aliphatic carbocycles. The number of benzene rings is 1. The van der Waals surface area contributed by atoms with Crippen molar-refractivity contribution in [2.75, 3.05) is 0 Å². The van der Waals surface area contributed by atoms with Crippen LogP contribution >= 0.6 is 0 Å². The van der Waals surface area contributed by atoms with Crippen LogP contribution in [0.1, 0.15) is 46.9 Å². The molecule has 3 aromatic rings. The number of pyridine rings is 1. The lowest BCUT2D eigenvalue weighted by molar-refractivity contribution is 0.103. The number of unbranched alkanes of at least 4 members (excludes halogenated alkanes) is 1. The fraction of sp³-hybridized carbons (Fsp3) is 0.250. The smallest absolute Gasteiger partial charge is 0.210 e. The van der Waals surface area contributed by atoms with Crippen LogP contribution in [0.5, 0.6) is 0 Å². The summed E-state index contributed by atoms with van der Waals surface area (Å²) in [5.74, 6) is 0.0991. The predicted molar refractivity (Wildman–Crippen MR) is 90.6 cm³/mol. The average Bonchev–Trinajstić information content (AvgIpc) is 2.92. The summed E-state index contributed by atoms with van der Waals surface area (Å²) in [5, 5.41) is 0. The second-order valence-corrected chi connectivity index (χ2v) is 5.76. The summed E-state index contributed by atoms with van der Waals surface area (Å²) in [5.41, 5.74) is 4.98. The van der Waals surface area contributed by atoms with Crippen LogP contribution in [0.15, 0.2) is 54.7 Å². The van der Waals surface area contributed by atoms with E-state index in [1.54, 1.807) is 0 Å². The van der Waals surface area contributed by atoms with Crippen LogP contribution in [-0.2, 0) is 6.42 Å². The summed E-state index contributed by atoms with van der Waals surface area (Å²) in [6.45, 7) is 4.18. The third kappa shape index (κ3) is 2.57. The Morgan fingerprint density at radius 2 is 1.86 bits per heavy atom. The van der Waals surface area contributed by atoms with Gasteiger partial charge in [-0.15, -0.1) is 0 Å². The first-order valence-electron chi connectivity index (χ1n) is 7.91. The van der Waals surface area contributed by atoms with E-state index in [9.17, 15) is 4.79 Å². The maximum Gasteiger partial charge on any atom is 0.210 e. The van der Waals surface area contributed by atoms with Crippen molar-refractivity contribution < 1.29 is 4.79 Å². The van der Waals surface area contributed by atoms with Crippen LogP contribution in [0.3, 0.4) is 0 Å². The van der Waals surface area contributed by atoms with Gasteiger partial charge < -0.3 is 4.40 Å². The third-order valence-corrected chi connectivity index (χ3v) is 4.18. The molecule has 0 unspecified atom stereocenters.